The second-order valence-corrected chi connectivity index (χ2v) is 15.2. The Morgan fingerprint density at radius 1 is 0.439 bits per heavy atom. The van der Waals surface area contributed by atoms with Crippen molar-refractivity contribution in [1.29, 1.82) is 0 Å². The highest BCUT2D eigenvalue weighted by atomic mass is 16.5. The van der Waals surface area contributed by atoms with Crippen LogP contribution in [0.5, 0.6) is 11.5 Å². The maximum atomic E-state index is 6.97. The van der Waals surface area contributed by atoms with Crippen molar-refractivity contribution in [1.82, 2.24) is 0 Å². The van der Waals surface area contributed by atoms with E-state index < -0.39 is 5.41 Å². The van der Waals surface area contributed by atoms with Crippen molar-refractivity contribution >= 4 is 16.9 Å². The molecule has 0 amide bonds. The van der Waals surface area contributed by atoms with Gasteiger partial charge in [-0.3, -0.25) is 0 Å². The smallest absolute Gasteiger partial charge is 0.132 e. The summed E-state index contributed by atoms with van der Waals surface area (Å²) in [5.41, 5.74) is 16.5. The van der Waals surface area contributed by atoms with Gasteiger partial charge in [-0.05, 0) is 99.0 Å². The van der Waals surface area contributed by atoms with E-state index in [1.54, 1.807) is 0 Å². The van der Waals surface area contributed by atoms with E-state index in [1.165, 1.54) is 72.5 Å². The number of anilines is 2. The number of fused-ring (bicyclic) bond motifs is 8. The fourth-order valence-corrected chi connectivity index (χ4v) is 9.65. The topological polar surface area (TPSA) is 12.5 Å². The highest BCUT2D eigenvalue weighted by Crippen LogP contribution is 2.64. The molecular weight excluding hydrogens is 691 g/mol. The number of hydrogen-bond acceptors (Lipinski definition) is 2. The van der Waals surface area contributed by atoms with Crippen LogP contribution >= 0.6 is 0 Å². The first-order valence-electron chi connectivity index (χ1n) is 19.9. The fraction of sp³-hybridized carbons (Fsp3) is 0.0545. The van der Waals surface area contributed by atoms with Crippen LogP contribution in [0, 0.1) is 0 Å². The van der Waals surface area contributed by atoms with E-state index in [1.807, 2.05) is 0 Å². The maximum Gasteiger partial charge on any atom is 0.132 e. The van der Waals surface area contributed by atoms with E-state index in [4.69, 9.17) is 4.74 Å². The Balaban J connectivity index is 1.16. The normalized spacial score (nSPS) is 15.6. The molecule has 0 fully saturated rings. The van der Waals surface area contributed by atoms with Crippen LogP contribution in [0.25, 0.3) is 39.0 Å². The van der Waals surface area contributed by atoms with E-state index in [0.717, 1.165) is 23.6 Å². The van der Waals surface area contributed by atoms with Gasteiger partial charge in [0.1, 0.15) is 11.5 Å². The molecular formula is C55H39NO. The second kappa shape index (κ2) is 13.5. The van der Waals surface area contributed by atoms with Crippen molar-refractivity contribution in [3.63, 3.8) is 0 Å². The Morgan fingerprint density at radius 3 is 1.56 bits per heavy atom. The second-order valence-electron chi connectivity index (χ2n) is 15.2. The summed E-state index contributed by atoms with van der Waals surface area (Å²) in [6.07, 6.45) is 5.66. The molecule has 0 radical (unpaired) electrons. The van der Waals surface area contributed by atoms with Crippen molar-refractivity contribution < 1.29 is 4.74 Å². The molecule has 3 aliphatic rings. The van der Waals surface area contributed by atoms with Crippen LogP contribution in [0.1, 0.15) is 28.7 Å². The summed E-state index contributed by atoms with van der Waals surface area (Å²) in [6, 6.07) is 74.7. The number of rotatable bonds is 6. The Labute approximate surface area is 334 Å². The van der Waals surface area contributed by atoms with Gasteiger partial charge in [0.05, 0.1) is 11.5 Å². The van der Waals surface area contributed by atoms with Crippen LogP contribution in [-0.4, -0.2) is 6.04 Å². The molecule has 0 N–H and O–H groups in total. The maximum absolute atomic E-state index is 6.97. The van der Waals surface area contributed by atoms with Crippen LogP contribution in [0.4, 0.5) is 11.4 Å². The number of hydrogen-bond donors (Lipinski definition) is 0. The molecule has 1 atom stereocenters. The molecule has 8 aromatic rings. The third kappa shape index (κ3) is 5.33. The number of ether oxygens (including phenoxy) is 1. The molecule has 1 spiro atoms. The predicted octanol–water partition coefficient (Wildman–Crippen LogP) is 14.1. The monoisotopic (exact) mass is 729 g/mol. The lowest BCUT2D eigenvalue weighted by Gasteiger charge is -2.44. The molecule has 2 aliphatic carbocycles. The van der Waals surface area contributed by atoms with Gasteiger partial charge in [0.15, 0.2) is 0 Å². The van der Waals surface area contributed by atoms with Crippen LogP contribution in [0.15, 0.2) is 224 Å². The molecule has 0 bridgehead atoms. The van der Waals surface area contributed by atoms with E-state index in [-0.39, 0.29) is 6.04 Å². The minimum atomic E-state index is -0.602. The minimum absolute atomic E-state index is 0.0200. The molecule has 270 valence electrons. The molecule has 8 aromatic carbocycles. The summed E-state index contributed by atoms with van der Waals surface area (Å²) < 4.78 is 6.97. The van der Waals surface area contributed by atoms with E-state index in [0.29, 0.717) is 0 Å². The van der Waals surface area contributed by atoms with Crippen molar-refractivity contribution in [2.24, 2.45) is 0 Å². The highest BCUT2D eigenvalue weighted by Gasteiger charge is 2.53. The summed E-state index contributed by atoms with van der Waals surface area (Å²) in [7, 11) is 0. The number of nitrogens with zero attached hydrogens (tertiary/aromatic N) is 1. The van der Waals surface area contributed by atoms with Crippen LogP contribution < -0.4 is 9.64 Å². The lowest BCUT2D eigenvalue weighted by atomic mass is 9.63. The lowest BCUT2D eigenvalue weighted by Crippen LogP contribution is -2.38. The summed E-state index contributed by atoms with van der Waals surface area (Å²) >= 11 is 0. The number of benzene rings is 8. The van der Waals surface area contributed by atoms with Crippen molar-refractivity contribution in [3.8, 4) is 44.9 Å². The van der Waals surface area contributed by atoms with Crippen LogP contribution in [-0.2, 0) is 5.41 Å². The third-order valence-corrected chi connectivity index (χ3v) is 12.1. The molecule has 1 aliphatic heterocycles. The van der Waals surface area contributed by atoms with Crippen LogP contribution in [0.3, 0.4) is 0 Å². The number of allylic oxidation sites excluding steroid dienone is 2. The van der Waals surface area contributed by atoms with Crippen LogP contribution in [0.2, 0.25) is 0 Å². The van der Waals surface area contributed by atoms with Crippen molar-refractivity contribution in [2.45, 2.75) is 17.9 Å². The van der Waals surface area contributed by atoms with E-state index in [2.05, 4.69) is 223 Å². The van der Waals surface area contributed by atoms with Gasteiger partial charge in [0, 0.05) is 28.1 Å². The molecule has 0 aromatic heterocycles. The summed E-state index contributed by atoms with van der Waals surface area (Å²) in [6.45, 7) is 0. The molecule has 2 nitrogen and oxygen atoms in total. The zero-order valence-corrected chi connectivity index (χ0v) is 31.4. The SMILES string of the molecule is C1=CC(N(c2ccccc2)c2ccccc2-c2ccccc2)CC2=C1c1ccccc1C21c2cc(-c3ccccc3)ccc2Oc2ccc(-c3ccccc3)cc21. The molecule has 57 heavy (non-hydrogen) atoms. The Hall–Kier alpha value is -7.16. The van der Waals surface area contributed by atoms with E-state index >= 15 is 0 Å². The van der Waals surface area contributed by atoms with Gasteiger partial charge >= 0.3 is 0 Å². The minimum Gasteiger partial charge on any atom is -0.457 e. The third-order valence-electron chi connectivity index (χ3n) is 12.1. The van der Waals surface area contributed by atoms with Gasteiger partial charge in [0.25, 0.3) is 0 Å². The van der Waals surface area contributed by atoms with Crippen molar-refractivity contribution in [2.75, 3.05) is 4.90 Å². The fourth-order valence-electron chi connectivity index (χ4n) is 9.65. The van der Waals surface area contributed by atoms with Gasteiger partial charge in [-0.1, -0.05) is 176 Å². The zero-order chi connectivity index (χ0) is 37.8. The Morgan fingerprint density at radius 2 is 0.947 bits per heavy atom. The lowest BCUT2D eigenvalue weighted by molar-refractivity contribution is 0.431. The largest absolute Gasteiger partial charge is 0.457 e. The quantitative estimate of drug-likeness (QED) is 0.169. The standard InChI is InChI=1S/C55H39NO/c1-5-17-38(18-6-1)41-29-33-53-50(35-41)55(51-36-42(30-34-54(51)57-53)39-19-7-2-8-20-39)48-27-15-13-26-46(48)47-32-31-44(37-49(47)55)56(43-23-11-4-12-24-43)52-28-16-14-25-45(52)40-21-9-3-10-22-40/h1-36,44H,37H2. The van der Waals surface area contributed by atoms with Gasteiger partial charge < -0.3 is 9.64 Å². The summed E-state index contributed by atoms with van der Waals surface area (Å²) in [5.74, 6) is 1.80. The molecule has 1 unspecified atom stereocenters. The van der Waals surface area contributed by atoms with Gasteiger partial charge in [-0.25, -0.2) is 0 Å². The Bertz CT molecular complexity index is 2750. The van der Waals surface area contributed by atoms with Crippen molar-refractivity contribution in [3.05, 3.63) is 246 Å². The summed E-state index contributed by atoms with van der Waals surface area (Å²) in [5, 5.41) is 0. The highest BCUT2D eigenvalue weighted by molar-refractivity contribution is 5.94. The average Bonchev–Trinajstić information content (AvgIpc) is 3.58. The first-order valence-corrected chi connectivity index (χ1v) is 19.9. The molecule has 1 heterocycles. The predicted molar refractivity (Wildman–Crippen MR) is 235 cm³/mol. The molecule has 0 saturated heterocycles. The van der Waals surface area contributed by atoms with Gasteiger partial charge in [-0.2, -0.15) is 0 Å². The average molecular weight is 730 g/mol. The first kappa shape index (κ1) is 33.2. The number of para-hydroxylation sites is 2. The summed E-state index contributed by atoms with van der Waals surface area (Å²) in [4.78, 5) is 2.56. The van der Waals surface area contributed by atoms with E-state index in [9.17, 15) is 0 Å². The first-order chi connectivity index (χ1) is 28.3. The van der Waals surface area contributed by atoms with Gasteiger partial charge in [0.2, 0.25) is 0 Å². The van der Waals surface area contributed by atoms with Gasteiger partial charge in [-0.15, -0.1) is 0 Å². The molecule has 2 heteroatoms. The Kier molecular flexibility index (Phi) is 7.89. The molecule has 11 rings (SSSR count). The molecule has 0 saturated carbocycles. The zero-order valence-electron chi connectivity index (χ0n) is 31.4.